The Labute approximate surface area is 107 Å². The van der Waals surface area contributed by atoms with E-state index >= 15 is 0 Å². The van der Waals surface area contributed by atoms with Gasteiger partial charge in [0, 0.05) is 5.41 Å². The van der Waals surface area contributed by atoms with E-state index in [4.69, 9.17) is 0 Å². The van der Waals surface area contributed by atoms with Gasteiger partial charge in [-0.1, -0.05) is 49.4 Å². The fourth-order valence-electron chi connectivity index (χ4n) is 2.15. The first kappa shape index (κ1) is 12.8. The monoisotopic (exact) mass is 244 g/mol. The van der Waals surface area contributed by atoms with E-state index in [9.17, 15) is 9.50 Å². The van der Waals surface area contributed by atoms with Crippen molar-refractivity contribution in [2.45, 2.75) is 18.8 Å². The third kappa shape index (κ3) is 2.77. The van der Waals surface area contributed by atoms with Gasteiger partial charge in [0.2, 0.25) is 0 Å². The highest BCUT2D eigenvalue weighted by Gasteiger charge is 2.26. The van der Waals surface area contributed by atoms with Crippen molar-refractivity contribution in [1.29, 1.82) is 0 Å². The standard InChI is InChI=1S/C16H17FO/c1-16(12-18,11-13-5-3-2-4-6-13)14-7-9-15(17)10-8-14/h2-10,18H,11-12H2,1H3. The highest BCUT2D eigenvalue weighted by Crippen LogP contribution is 2.27. The van der Waals surface area contributed by atoms with Gasteiger partial charge >= 0.3 is 0 Å². The lowest BCUT2D eigenvalue weighted by Gasteiger charge is -2.28. The van der Waals surface area contributed by atoms with E-state index in [1.807, 2.05) is 37.3 Å². The molecule has 1 atom stereocenters. The van der Waals surface area contributed by atoms with Gasteiger partial charge in [-0.25, -0.2) is 4.39 Å². The minimum Gasteiger partial charge on any atom is -0.395 e. The minimum absolute atomic E-state index is 0.0352. The van der Waals surface area contributed by atoms with Gasteiger partial charge in [-0.15, -0.1) is 0 Å². The summed E-state index contributed by atoms with van der Waals surface area (Å²) in [6.45, 7) is 2.03. The van der Waals surface area contributed by atoms with Gasteiger partial charge in [0.15, 0.2) is 0 Å². The fourth-order valence-corrected chi connectivity index (χ4v) is 2.15. The predicted molar refractivity (Wildman–Crippen MR) is 71.0 cm³/mol. The summed E-state index contributed by atoms with van der Waals surface area (Å²) in [5.41, 5.74) is 1.74. The Hall–Kier alpha value is -1.67. The highest BCUT2D eigenvalue weighted by molar-refractivity contribution is 5.29. The second-order valence-corrected chi connectivity index (χ2v) is 4.89. The molecule has 1 N–H and O–H groups in total. The van der Waals surface area contributed by atoms with E-state index in [-0.39, 0.29) is 17.8 Å². The molecule has 0 bridgehead atoms. The fraction of sp³-hybridized carbons (Fsp3) is 0.250. The molecule has 2 aromatic rings. The quantitative estimate of drug-likeness (QED) is 0.874. The molecular weight excluding hydrogens is 227 g/mol. The Balaban J connectivity index is 2.28. The third-order valence-corrected chi connectivity index (χ3v) is 3.33. The van der Waals surface area contributed by atoms with Crippen molar-refractivity contribution < 1.29 is 9.50 Å². The molecule has 0 fully saturated rings. The lowest BCUT2D eigenvalue weighted by molar-refractivity contribution is 0.204. The summed E-state index contributed by atoms with van der Waals surface area (Å²) >= 11 is 0. The Morgan fingerprint density at radius 2 is 1.61 bits per heavy atom. The van der Waals surface area contributed by atoms with Crippen molar-refractivity contribution in [3.05, 3.63) is 71.5 Å². The zero-order valence-corrected chi connectivity index (χ0v) is 10.4. The Bertz CT molecular complexity index is 492. The third-order valence-electron chi connectivity index (χ3n) is 3.33. The van der Waals surface area contributed by atoms with Crippen LogP contribution in [0.3, 0.4) is 0 Å². The summed E-state index contributed by atoms with van der Waals surface area (Å²) < 4.78 is 12.9. The van der Waals surface area contributed by atoms with Crippen molar-refractivity contribution in [1.82, 2.24) is 0 Å². The van der Waals surface area contributed by atoms with E-state index in [1.165, 1.54) is 17.7 Å². The molecule has 2 aromatic carbocycles. The molecule has 18 heavy (non-hydrogen) atoms. The average Bonchev–Trinajstić information content (AvgIpc) is 2.40. The number of halogens is 1. The molecule has 0 aliphatic heterocycles. The van der Waals surface area contributed by atoms with Crippen LogP contribution in [0.25, 0.3) is 0 Å². The number of rotatable bonds is 4. The summed E-state index contributed by atoms with van der Waals surface area (Å²) in [5.74, 6) is -0.251. The molecule has 0 radical (unpaired) electrons. The van der Waals surface area contributed by atoms with Crippen LogP contribution >= 0.6 is 0 Å². The molecule has 0 saturated heterocycles. The molecule has 2 rings (SSSR count). The highest BCUT2D eigenvalue weighted by atomic mass is 19.1. The lowest BCUT2D eigenvalue weighted by Crippen LogP contribution is -2.29. The molecule has 0 heterocycles. The first-order valence-electron chi connectivity index (χ1n) is 6.05. The van der Waals surface area contributed by atoms with Crippen molar-refractivity contribution >= 4 is 0 Å². The van der Waals surface area contributed by atoms with Crippen LogP contribution < -0.4 is 0 Å². The maximum Gasteiger partial charge on any atom is 0.123 e. The minimum atomic E-state index is -0.380. The zero-order chi connectivity index (χ0) is 13.0. The summed E-state index contributed by atoms with van der Waals surface area (Å²) in [5, 5.41) is 9.68. The average molecular weight is 244 g/mol. The van der Waals surface area contributed by atoms with E-state index in [0.717, 1.165) is 12.0 Å². The maximum atomic E-state index is 12.9. The van der Waals surface area contributed by atoms with Crippen molar-refractivity contribution in [2.75, 3.05) is 6.61 Å². The van der Waals surface area contributed by atoms with Crippen LogP contribution in [-0.4, -0.2) is 11.7 Å². The Kier molecular flexibility index (Phi) is 3.78. The molecule has 0 aromatic heterocycles. The van der Waals surface area contributed by atoms with Gasteiger partial charge in [-0.2, -0.15) is 0 Å². The molecule has 0 spiro atoms. The van der Waals surface area contributed by atoms with E-state index in [0.29, 0.717) is 0 Å². The Morgan fingerprint density at radius 3 is 2.17 bits per heavy atom. The van der Waals surface area contributed by atoms with Gasteiger partial charge in [-0.05, 0) is 29.7 Å². The summed E-state index contributed by atoms with van der Waals surface area (Å²) in [4.78, 5) is 0. The van der Waals surface area contributed by atoms with Crippen molar-refractivity contribution in [2.24, 2.45) is 0 Å². The molecule has 0 saturated carbocycles. The second kappa shape index (κ2) is 5.32. The maximum absolute atomic E-state index is 12.9. The number of aliphatic hydroxyl groups excluding tert-OH is 1. The molecular formula is C16H17FO. The van der Waals surface area contributed by atoms with E-state index in [1.54, 1.807) is 12.1 Å². The normalized spacial score (nSPS) is 14.2. The second-order valence-electron chi connectivity index (χ2n) is 4.89. The molecule has 94 valence electrons. The van der Waals surface area contributed by atoms with E-state index in [2.05, 4.69) is 0 Å². The zero-order valence-electron chi connectivity index (χ0n) is 10.4. The topological polar surface area (TPSA) is 20.2 Å². The predicted octanol–water partition coefficient (Wildman–Crippen LogP) is 3.32. The summed E-state index contributed by atoms with van der Waals surface area (Å²) in [7, 11) is 0. The molecule has 2 heteroatoms. The summed E-state index contributed by atoms with van der Waals surface area (Å²) in [6.07, 6.45) is 0.732. The molecule has 0 aliphatic carbocycles. The van der Waals surface area contributed by atoms with Gasteiger partial charge in [0.25, 0.3) is 0 Å². The number of benzene rings is 2. The molecule has 0 aliphatic rings. The van der Waals surface area contributed by atoms with Crippen molar-refractivity contribution in [3.63, 3.8) is 0 Å². The van der Waals surface area contributed by atoms with Crippen LogP contribution in [0.15, 0.2) is 54.6 Å². The number of hydrogen-bond acceptors (Lipinski definition) is 1. The first-order valence-corrected chi connectivity index (χ1v) is 6.05. The van der Waals surface area contributed by atoms with Gasteiger partial charge in [0.05, 0.1) is 6.61 Å². The lowest BCUT2D eigenvalue weighted by atomic mass is 9.78. The van der Waals surface area contributed by atoms with Gasteiger partial charge in [0.1, 0.15) is 5.82 Å². The molecule has 0 amide bonds. The van der Waals surface area contributed by atoms with Crippen molar-refractivity contribution in [3.8, 4) is 0 Å². The van der Waals surface area contributed by atoms with Crippen LogP contribution in [-0.2, 0) is 11.8 Å². The van der Waals surface area contributed by atoms with Gasteiger partial charge < -0.3 is 5.11 Å². The largest absolute Gasteiger partial charge is 0.395 e. The Morgan fingerprint density at radius 1 is 1.00 bits per heavy atom. The first-order chi connectivity index (χ1) is 8.64. The van der Waals surface area contributed by atoms with Crippen LogP contribution in [0, 0.1) is 5.82 Å². The molecule has 1 unspecified atom stereocenters. The van der Waals surface area contributed by atoms with Crippen LogP contribution in [0.2, 0.25) is 0 Å². The molecule has 1 nitrogen and oxygen atoms in total. The number of hydrogen-bond donors (Lipinski definition) is 1. The summed E-state index contributed by atoms with van der Waals surface area (Å²) in [6, 6.07) is 16.4. The van der Waals surface area contributed by atoms with Gasteiger partial charge in [-0.3, -0.25) is 0 Å². The van der Waals surface area contributed by atoms with Crippen LogP contribution in [0.1, 0.15) is 18.1 Å². The smallest absolute Gasteiger partial charge is 0.123 e. The van der Waals surface area contributed by atoms with Crippen LogP contribution in [0.4, 0.5) is 4.39 Å². The SMILES string of the molecule is CC(CO)(Cc1ccccc1)c1ccc(F)cc1. The van der Waals surface area contributed by atoms with E-state index < -0.39 is 0 Å². The van der Waals surface area contributed by atoms with Crippen LogP contribution in [0.5, 0.6) is 0 Å². The number of aliphatic hydroxyl groups is 1.